The Morgan fingerprint density at radius 1 is 1.38 bits per heavy atom. The van der Waals surface area contributed by atoms with Gasteiger partial charge in [0.2, 0.25) is 0 Å². The quantitative estimate of drug-likeness (QED) is 0.780. The molecule has 0 aliphatic carbocycles. The molecule has 1 N–H and O–H groups in total. The Hall–Kier alpha value is -1.42. The van der Waals surface area contributed by atoms with Crippen LogP contribution in [-0.2, 0) is 0 Å². The maximum atomic E-state index is 4.20. The van der Waals surface area contributed by atoms with Gasteiger partial charge in [0.1, 0.15) is 5.52 Å². The van der Waals surface area contributed by atoms with Crippen LogP contribution in [0, 0.1) is 0 Å². The molecule has 0 radical (unpaired) electrons. The molecule has 0 amide bonds. The van der Waals surface area contributed by atoms with Crippen molar-refractivity contribution in [3.63, 3.8) is 0 Å². The van der Waals surface area contributed by atoms with Crippen molar-refractivity contribution < 1.29 is 0 Å². The number of nitrogens with zero attached hydrogens (tertiary/aromatic N) is 3. The van der Waals surface area contributed by atoms with E-state index in [1.807, 2.05) is 22.9 Å². The van der Waals surface area contributed by atoms with Gasteiger partial charge >= 0.3 is 0 Å². The Kier molecular flexibility index (Phi) is 3.51. The molecule has 0 bridgehead atoms. The second-order valence-corrected chi connectivity index (χ2v) is 4.08. The van der Waals surface area contributed by atoms with Crippen molar-refractivity contribution in [2.24, 2.45) is 0 Å². The minimum Gasteiger partial charge on any atom is -0.315 e. The van der Waals surface area contributed by atoms with Crippen molar-refractivity contribution in [1.82, 2.24) is 20.3 Å². The molecule has 1 unspecified atom stereocenters. The predicted molar refractivity (Wildman–Crippen MR) is 65.4 cm³/mol. The standard InChI is InChI=1S/C12H18N4/c1-3-8-13-9-10(2)16-12-7-5-4-6-11(12)14-15-16/h4-7,10,13H,3,8-9H2,1-2H3. The summed E-state index contributed by atoms with van der Waals surface area (Å²) >= 11 is 0. The van der Waals surface area contributed by atoms with Gasteiger partial charge in [-0.3, -0.25) is 0 Å². The van der Waals surface area contributed by atoms with E-state index in [-0.39, 0.29) is 0 Å². The van der Waals surface area contributed by atoms with E-state index in [2.05, 4.69) is 35.5 Å². The third-order valence-electron chi connectivity index (χ3n) is 2.66. The SMILES string of the molecule is CCCNCC(C)n1nnc2ccccc21. The molecule has 0 spiro atoms. The van der Waals surface area contributed by atoms with Crippen LogP contribution in [0.3, 0.4) is 0 Å². The minimum absolute atomic E-state index is 0.332. The van der Waals surface area contributed by atoms with E-state index in [1.54, 1.807) is 0 Å². The summed E-state index contributed by atoms with van der Waals surface area (Å²) in [4.78, 5) is 0. The molecule has 1 aromatic carbocycles. The van der Waals surface area contributed by atoms with E-state index in [4.69, 9.17) is 0 Å². The van der Waals surface area contributed by atoms with Gasteiger partial charge in [0.15, 0.2) is 0 Å². The summed E-state index contributed by atoms with van der Waals surface area (Å²) < 4.78 is 1.98. The monoisotopic (exact) mass is 218 g/mol. The molecule has 1 heterocycles. The van der Waals surface area contributed by atoms with Gasteiger partial charge in [0.25, 0.3) is 0 Å². The average Bonchev–Trinajstić information content (AvgIpc) is 2.73. The fourth-order valence-electron chi connectivity index (χ4n) is 1.79. The summed E-state index contributed by atoms with van der Waals surface area (Å²) in [5.74, 6) is 0. The number of nitrogens with one attached hydrogen (secondary N) is 1. The van der Waals surface area contributed by atoms with E-state index in [1.165, 1.54) is 0 Å². The van der Waals surface area contributed by atoms with Crippen LogP contribution >= 0.6 is 0 Å². The Balaban J connectivity index is 2.13. The van der Waals surface area contributed by atoms with Crippen LogP contribution in [0.15, 0.2) is 24.3 Å². The van der Waals surface area contributed by atoms with Crippen LogP contribution in [0.1, 0.15) is 26.3 Å². The van der Waals surface area contributed by atoms with Crippen molar-refractivity contribution in [2.75, 3.05) is 13.1 Å². The Morgan fingerprint density at radius 2 is 2.19 bits per heavy atom. The summed E-state index contributed by atoms with van der Waals surface area (Å²) in [7, 11) is 0. The van der Waals surface area contributed by atoms with Crippen LogP contribution < -0.4 is 5.32 Å². The summed E-state index contributed by atoms with van der Waals surface area (Å²) in [5, 5.41) is 11.8. The maximum absolute atomic E-state index is 4.20. The van der Waals surface area contributed by atoms with Crippen LogP contribution in [-0.4, -0.2) is 28.1 Å². The van der Waals surface area contributed by atoms with E-state index in [0.29, 0.717) is 6.04 Å². The van der Waals surface area contributed by atoms with E-state index in [0.717, 1.165) is 30.5 Å². The molecular formula is C12H18N4. The van der Waals surface area contributed by atoms with E-state index >= 15 is 0 Å². The number of benzene rings is 1. The highest BCUT2D eigenvalue weighted by Crippen LogP contribution is 2.14. The minimum atomic E-state index is 0.332. The molecule has 4 heteroatoms. The summed E-state index contributed by atoms with van der Waals surface area (Å²) in [6.07, 6.45) is 1.16. The van der Waals surface area contributed by atoms with E-state index < -0.39 is 0 Å². The van der Waals surface area contributed by atoms with Crippen LogP contribution in [0.25, 0.3) is 11.0 Å². The van der Waals surface area contributed by atoms with Gasteiger partial charge in [-0.15, -0.1) is 5.10 Å². The highest BCUT2D eigenvalue weighted by molar-refractivity contribution is 5.73. The first-order chi connectivity index (χ1) is 7.83. The van der Waals surface area contributed by atoms with Crippen LogP contribution in [0.5, 0.6) is 0 Å². The molecule has 1 atom stereocenters. The highest BCUT2D eigenvalue weighted by atomic mass is 15.4. The largest absolute Gasteiger partial charge is 0.315 e. The topological polar surface area (TPSA) is 42.7 Å². The number of hydrogen-bond acceptors (Lipinski definition) is 3. The van der Waals surface area contributed by atoms with Crippen molar-refractivity contribution in [2.45, 2.75) is 26.3 Å². The van der Waals surface area contributed by atoms with Gasteiger partial charge in [-0.2, -0.15) is 0 Å². The van der Waals surface area contributed by atoms with Crippen molar-refractivity contribution in [3.05, 3.63) is 24.3 Å². The van der Waals surface area contributed by atoms with Crippen molar-refractivity contribution in [3.8, 4) is 0 Å². The second kappa shape index (κ2) is 5.07. The molecule has 0 aliphatic heterocycles. The zero-order chi connectivity index (χ0) is 11.4. The lowest BCUT2D eigenvalue weighted by molar-refractivity contribution is 0.455. The number of aromatic nitrogens is 3. The number of hydrogen-bond donors (Lipinski definition) is 1. The average molecular weight is 218 g/mol. The second-order valence-electron chi connectivity index (χ2n) is 4.08. The Bertz CT molecular complexity index is 449. The van der Waals surface area contributed by atoms with Gasteiger partial charge in [0.05, 0.1) is 11.6 Å². The van der Waals surface area contributed by atoms with Gasteiger partial charge in [-0.25, -0.2) is 4.68 Å². The molecule has 0 fully saturated rings. The molecule has 0 saturated heterocycles. The van der Waals surface area contributed by atoms with Crippen LogP contribution in [0.2, 0.25) is 0 Å². The zero-order valence-corrected chi connectivity index (χ0v) is 9.85. The molecular weight excluding hydrogens is 200 g/mol. The predicted octanol–water partition coefficient (Wildman–Crippen LogP) is 1.99. The summed E-state index contributed by atoms with van der Waals surface area (Å²) in [6.45, 7) is 6.31. The molecule has 0 aliphatic rings. The molecule has 2 rings (SSSR count). The lowest BCUT2D eigenvalue weighted by Gasteiger charge is -2.12. The van der Waals surface area contributed by atoms with Crippen molar-refractivity contribution in [1.29, 1.82) is 0 Å². The number of para-hydroxylation sites is 1. The Labute approximate surface area is 95.6 Å². The fraction of sp³-hybridized carbons (Fsp3) is 0.500. The van der Waals surface area contributed by atoms with Crippen LogP contribution in [0.4, 0.5) is 0 Å². The Morgan fingerprint density at radius 3 is 3.00 bits per heavy atom. The summed E-state index contributed by atoms with van der Waals surface area (Å²) in [5.41, 5.74) is 2.07. The molecule has 0 saturated carbocycles. The van der Waals surface area contributed by atoms with Gasteiger partial charge < -0.3 is 5.32 Å². The lowest BCUT2D eigenvalue weighted by Crippen LogP contribution is -2.24. The number of rotatable bonds is 5. The fourth-order valence-corrected chi connectivity index (χ4v) is 1.79. The molecule has 16 heavy (non-hydrogen) atoms. The van der Waals surface area contributed by atoms with Gasteiger partial charge in [0, 0.05) is 6.54 Å². The van der Waals surface area contributed by atoms with Crippen molar-refractivity contribution >= 4 is 11.0 Å². The van der Waals surface area contributed by atoms with Gasteiger partial charge in [-0.1, -0.05) is 24.3 Å². The smallest absolute Gasteiger partial charge is 0.113 e. The highest BCUT2D eigenvalue weighted by Gasteiger charge is 2.09. The lowest BCUT2D eigenvalue weighted by atomic mass is 10.3. The molecule has 1 aromatic heterocycles. The first kappa shape index (κ1) is 11.1. The third kappa shape index (κ3) is 2.22. The van der Waals surface area contributed by atoms with Gasteiger partial charge in [-0.05, 0) is 32.0 Å². The first-order valence-electron chi connectivity index (χ1n) is 5.83. The molecule has 4 nitrogen and oxygen atoms in total. The zero-order valence-electron chi connectivity index (χ0n) is 9.85. The molecule has 86 valence electrons. The molecule has 2 aromatic rings. The summed E-state index contributed by atoms with van der Waals surface area (Å²) in [6, 6.07) is 8.39. The van der Waals surface area contributed by atoms with E-state index in [9.17, 15) is 0 Å². The third-order valence-corrected chi connectivity index (χ3v) is 2.66. The normalized spacial score (nSPS) is 13.1. The first-order valence-corrected chi connectivity index (χ1v) is 5.83. The maximum Gasteiger partial charge on any atom is 0.113 e. The number of fused-ring (bicyclic) bond motifs is 1.